The summed E-state index contributed by atoms with van der Waals surface area (Å²) in [5, 5.41) is 3.04. The topological polar surface area (TPSA) is 62.6 Å². The van der Waals surface area contributed by atoms with Gasteiger partial charge in [-0.15, -0.1) is 0 Å². The first kappa shape index (κ1) is 20.6. The van der Waals surface area contributed by atoms with Gasteiger partial charge in [0, 0.05) is 47.8 Å². The molecule has 1 aromatic heterocycles. The van der Waals surface area contributed by atoms with E-state index in [-0.39, 0.29) is 17.7 Å². The van der Waals surface area contributed by atoms with Gasteiger partial charge in [-0.1, -0.05) is 30.5 Å². The summed E-state index contributed by atoms with van der Waals surface area (Å²) in [5.41, 5.74) is 4.66. The molecule has 5 heteroatoms. The highest BCUT2D eigenvalue weighted by atomic mass is 16.3. The van der Waals surface area contributed by atoms with Crippen LogP contribution in [0.15, 0.2) is 59.0 Å². The molecule has 5 nitrogen and oxygen atoms in total. The van der Waals surface area contributed by atoms with Gasteiger partial charge in [0.1, 0.15) is 11.5 Å². The van der Waals surface area contributed by atoms with Crippen LogP contribution in [0.5, 0.6) is 0 Å². The first-order valence-corrected chi connectivity index (χ1v) is 11.5. The van der Waals surface area contributed by atoms with E-state index in [1.807, 2.05) is 66.4 Å². The van der Waals surface area contributed by atoms with Gasteiger partial charge in [-0.25, -0.2) is 0 Å². The number of aryl methyl sites for hydroxylation is 1. The minimum absolute atomic E-state index is 0.0597. The van der Waals surface area contributed by atoms with Crippen molar-refractivity contribution in [3.05, 3.63) is 77.0 Å². The Kier molecular flexibility index (Phi) is 5.56. The van der Waals surface area contributed by atoms with Gasteiger partial charge in [0.05, 0.1) is 0 Å². The Balaban J connectivity index is 1.27. The Hall–Kier alpha value is -3.34. The summed E-state index contributed by atoms with van der Waals surface area (Å²) in [4.78, 5) is 27.2. The zero-order valence-electron chi connectivity index (χ0n) is 18.4. The lowest BCUT2D eigenvalue weighted by atomic mass is 10.1. The summed E-state index contributed by atoms with van der Waals surface area (Å²) < 4.78 is 6.12. The Morgan fingerprint density at radius 2 is 1.81 bits per heavy atom. The van der Waals surface area contributed by atoms with Gasteiger partial charge in [0.15, 0.2) is 0 Å². The maximum atomic E-state index is 12.9. The van der Waals surface area contributed by atoms with Gasteiger partial charge in [-0.2, -0.15) is 0 Å². The lowest BCUT2D eigenvalue weighted by Crippen LogP contribution is -2.35. The van der Waals surface area contributed by atoms with Crippen LogP contribution in [0.3, 0.4) is 0 Å². The summed E-state index contributed by atoms with van der Waals surface area (Å²) in [6.45, 7) is 3.21. The number of amides is 2. The quantitative estimate of drug-likeness (QED) is 0.590. The van der Waals surface area contributed by atoms with Gasteiger partial charge in [-0.05, 0) is 62.2 Å². The first-order chi connectivity index (χ1) is 15.6. The van der Waals surface area contributed by atoms with Crippen molar-refractivity contribution in [3.63, 3.8) is 0 Å². The van der Waals surface area contributed by atoms with Crippen LogP contribution in [0.4, 0.5) is 5.69 Å². The molecule has 2 aromatic carbocycles. The van der Waals surface area contributed by atoms with Crippen LogP contribution in [0.2, 0.25) is 0 Å². The van der Waals surface area contributed by atoms with Crippen LogP contribution < -0.4 is 5.32 Å². The molecule has 2 aliphatic rings. The summed E-state index contributed by atoms with van der Waals surface area (Å²) >= 11 is 0. The Labute approximate surface area is 188 Å². The fourth-order valence-electron chi connectivity index (χ4n) is 4.76. The SMILES string of the molecule is Cc1cccc(C(=O)N2CCc3oc(-c4ccc(NC(=O)C5CCCC5)cc4)cc3C2)c1. The molecule has 3 aromatic rings. The fourth-order valence-corrected chi connectivity index (χ4v) is 4.76. The molecule has 0 spiro atoms. The molecule has 0 atom stereocenters. The average Bonchev–Trinajstić information content (AvgIpc) is 3.49. The molecule has 2 heterocycles. The highest BCUT2D eigenvalue weighted by Gasteiger charge is 2.26. The van der Waals surface area contributed by atoms with Crippen LogP contribution in [0, 0.1) is 12.8 Å². The molecule has 164 valence electrons. The van der Waals surface area contributed by atoms with E-state index in [1.54, 1.807) is 0 Å². The zero-order valence-corrected chi connectivity index (χ0v) is 18.4. The van der Waals surface area contributed by atoms with Crippen LogP contribution in [0.1, 0.15) is 52.9 Å². The predicted molar refractivity (Wildman–Crippen MR) is 124 cm³/mol. The molecular formula is C27H28N2O3. The van der Waals surface area contributed by atoms with E-state index in [4.69, 9.17) is 4.42 Å². The summed E-state index contributed by atoms with van der Waals surface area (Å²) in [6.07, 6.45) is 4.99. The standard InChI is InChI=1S/C27H28N2O3/c1-18-5-4-8-21(15-18)27(31)29-14-13-24-22(17-29)16-25(32-24)19-9-11-23(12-10-19)28-26(30)20-6-2-3-7-20/h4-5,8-12,15-16,20H,2-3,6-7,13-14,17H2,1H3,(H,28,30). The van der Waals surface area contributed by atoms with E-state index in [0.717, 1.165) is 65.1 Å². The molecule has 32 heavy (non-hydrogen) atoms. The first-order valence-electron chi connectivity index (χ1n) is 11.5. The summed E-state index contributed by atoms with van der Waals surface area (Å²) in [5.74, 6) is 2.09. The third-order valence-corrected chi connectivity index (χ3v) is 6.58. The molecule has 2 amide bonds. The Morgan fingerprint density at radius 3 is 2.56 bits per heavy atom. The Bertz CT molecular complexity index is 1140. The van der Waals surface area contributed by atoms with E-state index in [0.29, 0.717) is 19.5 Å². The number of benzene rings is 2. The molecule has 0 saturated heterocycles. The largest absolute Gasteiger partial charge is 0.461 e. The number of anilines is 1. The number of fused-ring (bicyclic) bond motifs is 1. The smallest absolute Gasteiger partial charge is 0.254 e. The molecule has 0 bridgehead atoms. The number of hydrogen-bond donors (Lipinski definition) is 1. The van der Waals surface area contributed by atoms with Crippen LogP contribution in [-0.4, -0.2) is 23.3 Å². The van der Waals surface area contributed by atoms with E-state index >= 15 is 0 Å². The fraction of sp³-hybridized carbons (Fsp3) is 0.333. The van der Waals surface area contributed by atoms with Gasteiger partial charge >= 0.3 is 0 Å². The summed E-state index contributed by atoms with van der Waals surface area (Å²) in [7, 11) is 0. The van der Waals surface area contributed by atoms with Gasteiger partial charge in [0.25, 0.3) is 5.91 Å². The van der Waals surface area contributed by atoms with Crippen molar-refractivity contribution in [2.24, 2.45) is 5.92 Å². The molecule has 1 aliphatic heterocycles. The monoisotopic (exact) mass is 428 g/mol. The van der Waals surface area contributed by atoms with Crippen molar-refractivity contribution >= 4 is 17.5 Å². The molecule has 0 radical (unpaired) electrons. The molecule has 1 aliphatic carbocycles. The highest BCUT2D eigenvalue weighted by molar-refractivity contribution is 5.94. The van der Waals surface area contributed by atoms with E-state index < -0.39 is 0 Å². The van der Waals surface area contributed by atoms with E-state index in [2.05, 4.69) is 5.32 Å². The number of furan rings is 1. The Morgan fingerprint density at radius 1 is 1.03 bits per heavy atom. The summed E-state index contributed by atoms with van der Waals surface area (Å²) in [6, 6.07) is 17.6. The molecule has 1 N–H and O–H groups in total. The minimum atomic E-state index is 0.0597. The molecule has 1 fully saturated rings. The van der Waals surface area contributed by atoms with Crippen molar-refractivity contribution in [1.82, 2.24) is 4.90 Å². The zero-order chi connectivity index (χ0) is 22.1. The molecular weight excluding hydrogens is 400 g/mol. The second kappa shape index (κ2) is 8.65. The van der Waals surface area contributed by atoms with Crippen LogP contribution in [0.25, 0.3) is 11.3 Å². The third-order valence-electron chi connectivity index (χ3n) is 6.58. The average molecular weight is 429 g/mol. The van der Waals surface area contributed by atoms with Crippen molar-refractivity contribution in [2.75, 3.05) is 11.9 Å². The lowest BCUT2D eigenvalue weighted by molar-refractivity contribution is -0.119. The number of rotatable bonds is 4. The van der Waals surface area contributed by atoms with Crippen molar-refractivity contribution in [1.29, 1.82) is 0 Å². The van der Waals surface area contributed by atoms with Crippen LogP contribution in [-0.2, 0) is 17.8 Å². The second-order valence-corrected chi connectivity index (χ2v) is 8.95. The number of nitrogens with one attached hydrogen (secondary N) is 1. The van der Waals surface area contributed by atoms with Crippen molar-refractivity contribution in [2.45, 2.75) is 45.6 Å². The van der Waals surface area contributed by atoms with Crippen molar-refractivity contribution < 1.29 is 14.0 Å². The molecule has 0 unspecified atom stereocenters. The van der Waals surface area contributed by atoms with E-state index in [9.17, 15) is 9.59 Å². The van der Waals surface area contributed by atoms with E-state index in [1.165, 1.54) is 0 Å². The maximum Gasteiger partial charge on any atom is 0.254 e. The van der Waals surface area contributed by atoms with Crippen molar-refractivity contribution in [3.8, 4) is 11.3 Å². The van der Waals surface area contributed by atoms with Gasteiger partial charge in [-0.3, -0.25) is 9.59 Å². The number of hydrogen-bond acceptors (Lipinski definition) is 3. The van der Waals surface area contributed by atoms with Gasteiger partial charge < -0.3 is 14.6 Å². The molecule has 5 rings (SSSR count). The number of carbonyl (C=O) groups excluding carboxylic acids is 2. The number of carbonyl (C=O) groups is 2. The highest BCUT2D eigenvalue weighted by Crippen LogP contribution is 2.31. The van der Waals surface area contributed by atoms with Crippen LogP contribution >= 0.6 is 0 Å². The van der Waals surface area contributed by atoms with Gasteiger partial charge in [0.2, 0.25) is 5.91 Å². The maximum absolute atomic E-state index is 12.9. The minimum Gasteiger partial charge on any atom is -0.461 e. The second-order valence-electron chi connectivity index (χ2n) is 8.95. The number of nitrogens with zero attached hydrogens (tertiary/aromatic N) is 1. The lowest BCUT2D eigenvalue weighted by Gasteiger charge is -2.26. The third kappa shape index (κ3) is 4.20. The molecule has 1 saturated carbocycles. The predicted octanol–water partition coefficient (Wildman–Crippen LogP) is 5.58. The normalized spacial score (nSPS) is 16.1.